The fraction of sp³-hybridized carbons (Fsp3) is 0.0303. The van der Waals surface area contributed by atoms with E-state index in [2.05, 4.69) is 115 Å². The Morgan fingerprint density at radius 3 is 2.12 bits per heavy atom. The van der Waals surface area contributed by atoms with Gasteiger partial charge in [-0.3, -0.25) is 0 Å². The Hall–Kier alpha value is -4.34. The maximum absolute atomic E-state index is 3.56. The average Bonchev–Trinajstić information content (AvgIpc) is 3.11. The first-order valence-electron chi connectivity index (χ1n) is 11.4. The van der Waals surface area contributed by atoms with Crippen LogP contribution < -0.4 is 0 Å². The number of hydrogen-bond donors (Lipinski definition) is 0. The molecule has 0 atom stereocenters. The lowest BCUT2D eigenvalue weighted by Crippen LogP contribution is -1.94. The number of fused-ring (bicyclic) bond motifs is 3. The van der Waals surface area contributed by atoms with Crippen LogP contribution in [0.15, 0.2) is 115 Å². The molecule has 0 aromatic heterocycles. The average molecular weight is 419 g/mol. The quantitative estimate of drug-likeness (QED) is 0.190. The molecule has 6 rings (SSSR count). The molecule has 33 heavy (non-hydrogen) atoms. The second kappa shape index (κ2) is 8.30. The van der Waals surface area contributed by atoms with E-state index in [0.29, 0.717) is 0 Å². The number of allylic oxidation sites excluding steroid dienone is 3. The lowest BCUT2D eigenvalue weighted by Gasteiger charge is -2.17. The molecule has 0 heterocycles. The second-order valence-corrected chi connectivity index (χ2v) is 8.37. The fourth-order valence-corrected chi connectivity index (χ4v) is 4.76. The van der Waals surface area contributed by atoms with E-state index in [9.17, 15) is 0 Å². The van der Waals surface area contributed by atoms with Crippen LogP contribution in [0.25, 0.3) is 38.7 Å². The van der Waals surface area contributed by atoms with Gasteiger partial charge in [-0.05, 0) is 74.5 Å². The highest BCUT2D eigenvalue weighted by atomic mass is 14.2. The molecular formula is C33H22. The highest BCUT2D eigenvalue weighted by Gasteiger charge is 2.16. The maximum atomic E-state index is 3.56. The van der Waals surface area contributed by atoms with Gasteiger partial charge < -0.3 is 0 Å². The molecule has 154 valence electrons. The predicted octanol–water partition coefficient (Wildman–Crippen LogP) is 8.19. The van der Waals surface area contributed by atoms with Crippen molar-refractivity contribution in [3.63, 3.8) is 0 Å². The van der Waals surface area contributed by atoms with Crippen LogP contribution in [0.2, 0.25) is 0 Å². The van der Waals surface area contributed by atoms with E-state index in [4.69, 9.17) is 0 Å². The highest BCUT2D eigenvalue weighted by molar-refractivity contribution is 6.17. The van der Waals surface area contributed by atoms with E-state index in [1.807, 2.05) is 18.2 Å². The minimum absolute atomic E-state index is 0.935. The van der Waals surface area contributed by atoms with E-state index < -0.39 is 0 Å². The van der Waals surface area contributed by atoms with Crippen molar-refractivity contribution in [2.45, 2.75) is 6.42 Å². The molecule has 0 saturated heterocycles. The van der Waals surface area contributed by atoms with Crippen molar-refractivity contribution in [2.75, 3.05) is 0 Å². The van der Waals surface area contributed by atoms with E-state index in [1.165, 1.54) is 43.8 Å². The van der Waals surface area contributed by atoms with Gasteiger partial charge in [-0.2, -0.15) is 0 Å². The van der Waals surface area contributed by atoms with Crippen LogP contribution in [0.3, 0.4) is 0 Å². The third kappa shape index (κ3) is 3.55. The Kier molecular flexibility index (Phi) is 4.87. The zero-order valence-corrected chi connectivity index (χ0v) is 18.3. The topological polar surface area (TPSA) is 0 Å². The second-order valence-electron chi connectivity index (χ2n) is 8.37. The van der Waals surface area contributed by atoms with E-state index in [-0.39, 0.29) is 0 Å². The van der Waals surface area contributed by atoms with Crippen LogP contribution in [0.5, 0.6) is 0 Å². The van der Waals surface area contributed by atoms with Crippen LogP contribution in [0, 0.1) is 11.8 Å². The van der Waals surface area contributed by atoms with Crippen molar-refractivity contribution in [3.8, 4) is 23.0 Å². The summed E-state index contributed by atoms with van der Waals surface area (Å²) >= 11 is 0. The maximum Gasteiger partial charge on any atom is 0.0406 e. The summed E-state index contributed by atoms with van der Waals surface area (Å²) in [7, 11) is 0. The first kappa shape index (κ1) is 19.4. The Morgan fingerprint density at radius 1 is 0.576 bits per heavy atom. The minimum Gasteiger partial charge on any atom is -0.0801 e. The lowest BCUT2D eigenvalue weighted by molar-refractivity contribution is 1.28. The van der Waals surface area contributed by atoms with Gasteiger partial charge in [0.2, 0.25) is 0 Å². The van der Waals surface area contributed by atoms with E-state index >= 15 is 0 Å². The van der Waals surface area contributed by atoms with Crippen LogP contribution in [-0.2, 0) is 6.42 Å². The first-order valence-corrected chi connectivity index (χ1v) is 11.4. The molecular weight excluding hydrogens is 396 g/mol. The molecule has 1 aliphatic carbocycles. The van der Waals surface area contributed by atoms with Gasteiger partial charge in [0.25, 0.3) is 0 Å². The molecule has 0 spiro atoms. The van der Waals surface area contributed by atoms with Gasteiger partial charge in [-0.1, -0.05) is 109 Å². The third-order valence-electron chi connectivity index (χ3n) is 6.31. The van der Waals surface area contributed by atoms with Crippen molar-refractivity contribution >= 4 is 27.6 Å². The van der Waals surface area contributed by atoms with E-state index in [1.54, 1.807) is 0 Å². The van der Waals surface area contributed by atoms with Crippen molar-refractivity contribution in [1.29, 1.82) is 0 Å². The van der Waals surface area contributed by atoms with Crippen molar-refractivity contribution < 1.29 is 0 Å². The largest absolute Gasteiger partial charge is 0.0801 e. The van der Waals surface area contributed by atoms with Crippen molar-refractivity contribution in [1.82, 2.24) is 0 Å². The third-order valence-corrected chi connectivity index (χ3v) is 6.31. The molecule has 0 fully saturated rings. The fourth-order valence-electron chi connectivity index (χ4n) is 4.76. The Labute approximate surface area is 194 Å². The minimum atomic E-state index is 0.935. The van der Waals surface area contributed by atoms with Gasteiger partial charge in [0.05, 0.1) is 0 Å². The van der Waals surface area contributed by atoms with Gasteiger partial charge in [-0.15, -0.1) is 0 Å². The summed E-state index contributed by atoms with van der Waals surface area (Å²) in [4.78, 5) is 0. The summed E-state index contributed by atoms with van der Waals surface area (Å²) in [5, 5.41) is 4.91. The smallest absolute Gasteiger partial charge is 0.0406 e. The van der Waals surface area contributed by atoms with Crippen LogP contribution in [-0.4, -0.2) is 0 Å². The Bertz CT molecular complexity index is 1610. The molecule has 5 aromatic carbocycles. The molecule has 5 aromatic rings. The summed E-state index contributed by atoms with van der Waals surface area (Å²) in [6.07, 6.45) is 9.64. The molecule has 1 aliphatic rings. The lowest BCUT2D eigenvalue weighted by atomic mass is 9.86. The van der Waals surface area contributed by atoms with Gasteiger partial charge >= 0.3 is 0 Å². The SMILES string of the molecule is C(#Cc1c2ccccc2c(-c2ccccc2)c2cc3c(cc12)C=CC=CC3)c1ccccc1. The van der Waals surface area contributed by atoms with Crippen LogP contribution in [0.1, 0.15) is 22.3 Å². The molecule has 0 heteroatoms. The molecule has 0 unspecified atom stereocenters. The van der Waals surface area contributed by atoms with Crippen LogP contribution >= 0.6 is 0 Å². The zero-order valence-electron chi connectivity index (χ0n) is 18.3. The molecule has 0 N–H and O–H groups in total. The summed E-state index contributed by atoms with van der Waals surface area (Å²) in [5.41, 5.74) is 7.26. The summed E-state index contributed by atoms with van der Waals surface area (Å²) in [6.45, 7) is 0. The molecule has 0 bridgehead atoms. The van der Waals surface area contributed by atoms with E-state index in [0.717, 1.165) is 17.5 Å². The molecule has 0 saturated carbocycles. The van der Waals surface area contributed by atoms with Gasteiger partial charge in [0.15, 0.2) is 0 Å². The Morgan fingerprint density at radius 2 is 1.30 bits per heavy atom. The number of benzene rings is 5. The summed E-state index contributed by atoms with van der Waals surface area (Å²) in [5.74, 6) is 6.97. The number of hydrogen-bond acceptors (Lipinski definition) is 0. The molecule has 0 radical (unpaired) electrons. The first-order chi connectivity index (χ1) is 16.4. The normalized spacial score (nSPS) is 12.2. The molecule has 0 amide bonds. The standard InChI is InChI=1S/C33H22/c1-4-12-24(13-5-1)20-21-29-28-18-10-11-19-30(28)33(25-14-6-2-7-15-25)32-23-27-17-9-3-8-16-26(27)22-31(29)32/h1-16,18-19,22-23H,17H2. The Balaban J connectivity index is 1.76. The summed E-state index contributed by atoms with van der Waals surface area (Å²) in [6, 6.07) is 34.4. The zero-order chi connectivity index (χ0) is 22.0. The van der Waals surface area contributed by atoms with Gasteiger partial charge in [0, 0.05) is 11.1 Å². The van der Waals surface area contributed by atoms with Gasteiger partial charge in [0.1, 0.15) is 0 Å². The predicted molar refractivity (Wildman–Crippen MR) is 141 cm³/mol. The van der Waals surface area contributed by atoms with Crippen LogP contribution in [0.4, 0.5) is 0 Å². The summed E-state index contributed by atoms with van der Waals surface area (Å²) < 4.78 is 0. The van der Waals surface area contributed by atoms with Crippen molar-refractivity contribution in [2.24, 2.45) is 0 Å². The molecule has 0 nitrogen and oxygen atoms in total. The monoisotopic (exact) mass is 418 g/mol. The van der Waals surface area contributed by atoms with Crippen molar-refractivity contribution in [3.05, 3.63) is 138 Å². The molecule has 0 aliphatic heterocycles. The van der Waals surface area contributed by atoms with Gasteiger partial charge in [-0.25, -0.2) is 0 Å². The number of rotatable bonds is 1. The highest BCUT2D eigenvalue weighted by Crippen LogP contribution is 2.40.